The average molecular weight is 214 g/mol. The Balaban J connectivity index is 0. The fourth-order valence-corrected chi connectivity index (χ4v) is 0.0577. The van der Waals surface area contributed by atoms with Crippen molar-refractivity contribution in [3.05, 3.63) is 0 Å². The summed E-state index contributed by atoms with van der Waals surface area (Å²) in [5, 5.41) is 24.0. The molecule has 0 aromatic rings. The second kappa shape index (κ2) is 6.70. The van der Waals surface area contributed by atoms with E-state index < -0.39 is 6.10 Å². The molecule has 0 aliphatic rings. The van der Waals surface area contributed by atoms with Gasteiger partial charge in [0, 0.05) is 24.4 Å². The van der Waals surface area contributed by atoms with Gasteiger partial charge in [0.25, 0.3) is 0 Å². The first-order valence-corrected chi connectivity index (χ1v) is 1.71. The van der Waals surface area contributed by atoms with Gasteiger partial charge in [-0.1, -0.05) is 0 Å². The van der Waals surface area contributed by atoms with Gasteiger partial charge in [-0.3, -0.25) is 0 Å². The molecule has 0 aliphatic carbocycles. The van der Waals surface area contributed by atoms with Gasteiger partial charge < -0.3 is 15.3 Å². The summed E-state index contributed by atoms with van der Waals surface area (Å²) in [5.41, 5.74) is 0. The molecular weight excluding hydrogens is 206 g/mol. The molecule has 3 N–H and O–H groups in total. The van der Waals surface area contributed by atoms with Crippen molar-refractivity contribution in [1.82, 2.24) is 0 Å². The summed E-state index contributed by atoms with van der Waals surface area (Å²) in [6.07, 6.45) is -0.954. The molecule has 0 saturated carbocycles. The van der Waals surface area contributed by atoms with Crippen LogP contribution >= 0.6 is 0 Å². The van der Waals surface area contributed by atoms with Crippen LogP contribution in [0.15, 0.2) is 0 Å². The molecule has 0 unspecified atom stereocenters. The second-order valence-corrected chi connectivity index (χ2v) is 1.02. The van der Waals surface area contributed by atoms with Gasteiger partial charge >= 0.3 is 0 Å². The molecule has 0 amide bonds. The van der Waals surface area contributed by atoms with Crippen molar-refractivity contribution >= 4 is 24.4 Å². The SMILES string of the molecule is OCC(O)CO.[Sb]. The van der Waals surface area contributed by atoms with Crippen molar-refractivity contribution in [3.63, 3.8) is 0 Å². The van der Waals surface area contributed by atoms with Crippen molar-refractivity contribution in [3.8, 4) is 0 Å². The Labute approximate surface area is 59.4 Å². The summed E-state index contributed by atoms with van der Waals surface area (Å²) >= 11 is 0. The third-order valence-corrected chi connectivity index (χ3v) is 0.421. The molecule has 43 valence electrons. The van der Waals surface area contributed by atoms with Crippen molar-refractivity contribution in [2.24, 2.45) is 0 Å². The first-order chi connectivity index (χ1) is 2.81. The molecule has 0 aliphatic heterocycles. The zero-order valence-electron chi connectivity index (χ0n) is 3.78. The number of hydrogen-bond donors (Lipinski definition) is 3. The standard InChI is InChI=1S/C3H8O3.Sb/c4-1-3(6)2-5;/h3-6H,1-2H2;. The van der Waals surface area contributed by atoms with Gasteiger partial charge in [-0.25, -0.2) is 0 Å². The van der Waals surface area contributed by atoms with Crippen LogP contribution < -0.4 is 0 Å². The topological polar surface area (TPSA) is 60.7 Å². The summed E-state index contributed by atoms with van der Waals surface area (Å²) in [5.74, 6) is 0. The van der Waals surface area contributed by atoms with Crippen LogP contribution in [-0.2, 0) is 0 Å². The Bertz CT molecular complexity index is 29.4. The normalized spacial score (nSPS) is 8.57. The second-order valence-electron chi connectivity index (χ2n) is 1.02. The Hall–Kier alpha value is 0.698. The molecule has 4 heteroatoms. The van der Waals surface area contributed by atoms with E-state index in [1.807, 2.05) is 0 Å². The van der Waals surface area contributed by atoms with E-state index in [2.05, 4.69) is 0 Å². The van der Waals surface area contributed by atoms with Crippen LogP contribution in [0, 0.1) is 0 Å². The van der Waals surface area contributed by atoms with Crippen LogP contribution in [-0.4, -0.2) is 59.1 Å². The van der Waals surface area contributed by atoms with Crippen molar-refractivity contribution in [2.75, 3.05) is 13.2 Å². The first-order valence-electron chi connectivity index (χ1n) is 1.71. The molecule has 0 fully saturated rings. The number of rotatable bonds is 2. The molecule has 0 aromatic heterocycles. The summed E-state index contributed by atoms with van der Waals surface area (Å²) in [6.45, 7) is -0.729. The van der Waals surface area contributed by atoms with E-state index in [-0.39, 0.29) is 37.6 Å². The minimum atomic E-state index is -0.954. The molecule has 0 aromatic carbocycles. The number of hydrogen-bond acceptors (Lipinski definition) is 3. The molecule has 3 radical (unpaired) electrons. The molecule has 0 saturated heterocycles. The zero-order chi connectivity index (χ0) is 4.99. The average Bonchev–Trinajstić information content (AvgIpc) is 1.65. The van der Waals surface area contributed by atoms with Crippen molar-refractivity contribution in [2.45, 2.75) is 6.10 Å². The van der Waals surface area contributed by atoms with Crippen LogP contribution in [0.1, 0.15) is 0 Å². The largest absolute Gasteiger partial charge is 0.394 e. The van der Waals surface area contributed by atoms with E-state index >= 15 is 0 Å². The maximum Gasteiger partial charge on any atom is 0.100 e. The van der Waals surface area contributed by atoms with Gasteiger partial charge in [0.2, 0.25) is 0 Å². The summed E-state index contributed by atoms with van der Waals surface area (Å²) in [7, 11) is 0. The van der Waals surface area contributed by atoms with Gasteiger partial charge in [-0.15, -0.1) is 0 Å². The zero-order valence-corrected chi connectivity index (χ0v) is 6.33. The van der Waals surface area contributed by atoms with Crippen LogP contribution in [0.5, 0.6) is 0 Å². The number of aliphatic hydroxyl groups excluding tert-OH is 3. The summed E-state index contributed by atoms with van der Waals surface area (Å²) in [4.78, 5) is 0. The van der Waals surface area contributed by atoms with E-state index in [0.717, 1.165) is 0 Å². The third-order valence-electron chi connectivity index (χ3n) is 0.421. The van der Waals surface area contributed by atoms with Crippen molar-refractivity contribution < 1.29 is 15.3 Å². The Morgan fingerprint density at radius 3 is 1.43 bits per heavy atom. The van der Waals surface area contributed by atoms with E-state index in [1.165, 1.54) is 0 Å². The molecule has 0 heterocycles. The minimum Gasteiger partial charge on any atom is -0.394 e. The van der Waals surface area contributed by atoms with Gasteiger partial charge in [0.15, 0.2) is 0 Å². The van der Waals surface area contributed by atoms with Gasteiger partial charge in [0.1, 0.15) is 6.10 Å². The Morgan fingerprint density at radius 2 is 1.43 bits per heavy atom. The van der Waals surface area contributed by atoms with Gasteiger partial charge in [0.05, 0.1) is 13.2 Å². The maximum absolute atomic E-state index is 8.17. The fraction of sp³-hybridized carbons (Fsp3) is 1.00. The van der Waals surface area contributed by atoms with Gasteiger partial charge in [-0.05, 0) is 0 Å². The van der Waals surface area contributed by atoms with Crippen LogP contribution in [0.4, 0.5) is 0 Å². The molecule has 3 nitrogen and oxygen atoms in total. The minimum absolute atomic E-state index is 0. The fourth-order valence-electron chi connectivity index (χ4n) is 0.0577. The number of aliphatic hydroxyl groups is 3. The predicted molar refractivity (Wildman–Crippen MR) is 25.9 cm³/mol. The molecule has 0 spiro atoms. The Morgan fingerprint density at radius 1 is 1.14 bits per heavy atom. The van der Waals surface area contributed by atoms with Crippen molar-refractivity contribution in [1.29, 1.82) is 0 Å². The van der Waals surface area contributed by atoms with E-state index in [0.29, 0.717) is 0 Å². The van der Waals surface area contributed by atoms with Gasteiger partial charge in [-0.2, -0.15) is 0 Å². The summed E-state index contributed by atoms with van der Waals surface area (Å²) < 4.78 is 0. The molecule has 0 rings (SSSR count). The van der Waals surface area contributed by atoms with Crippen LogP contribution in [0.2, 0.25) is 0 Å². The monoisotopic (exact) mass is 213 g/mol. The predicted octanol–water partition coefficient (Wildman–Crippen LogP) is -2.05. The van der Waals surface area contributed by atoms with E-state index in [9.17, 15) is 0 Å². The Kier molecular flexibility index (Phi) is 10.2. The van der Waals surface area contributed by atoms with Crippen LogP contribution in [0.25, 0.3) is 0 Å². The molecule has 7 heavy (non-hydrogen) atoms. The molecular formula is C3H8O3Sb. The first kappa shape index (κ1) is 10.6. The quantitative estimate of drug-likeness (QED) is 0.463. The maximum atomic E-state index is 8.17. The third kappa shape index (κ3) is 6.70. The molecule has 0 bridgehead atoms. The summed E-state index contributed by atoms with van der Waals surface area (Å²) in [6, 6.07) is 0. The smallest absolute Gasteiger partial charge is 0.100 e. The van der Waals surface area contributed by atoms with E-state index in [1.54, 1.807) is 0 Å². The van der Waals surface area contributed by atoms with E-state index in [4.69, 9.17) is 15.3 Å². The molecule has 0 atom stereocenters. The van der Waals surface area contributed by atoms with Crippen LogP contribution in [0.3, 0.4) is 0 Å².